The van der Waals surface area contributed by atoms with Crippen molar-refractivity contribution in [3.05, 3.63) is 48.3 Å². The predicted octanol–water partition coefficient (Wildman–Crippen LogP) is 2.82. The van der Waals surface area contributed by atoms with Crippen LogP contribution in [0.1, 0.15) is 12.0 Å². The molecule has 0 amide bonds. The lowest BCUT2D eigenvalue weighted by atomic mass is 10.1. The predicted molar refractivity (Wildman–Crippen MR) is 95.7 cm³/mol. The molecule has 2 rings (SSSR count). The summed E-state index contributed by atoms with van der Waals surface area (Å²) >= 11 is 0. The summed E-state index contributed by atoms with van der Waals surface area (Å²) in [6.07, 6.45) is 4.94. The second-order valence-electron chi connectivity index (χ2n) is 7.95. The molecule has 0 radical (unpaired) electrons. The summed E-state index contributed by atoms with van der Waals surface area (Å²) in [6.45, 7) is 3.40. The fraction of sp³-hybridized carbons (Fsp3) is 0.474. The zero-order valence-corrected chi connectivity index (χ0v) is 15.2. The summed E-state index contributed by atoms with van der Waals surface area (Å²) in [5.74, 6) is 0. The monoisotopic (exact) mass is 314 g/mol. The molecule has 0 spiro atoms. The standard InChI is InChI=1S/C19H30N4/c1-22(2,3)13-8-14-23(4,5)16-17-10-12-21-19(15-17)18-9-6-7-11-20-18/h6-7,9-12,15H,8,13-14,16H2,1-5H3/q+2. The van der Waals surface area contributed by atoms with Crippen molar-refractivity contribution in [1.29, 1.82) is 0 Å². The van der Waals surface area contributed by atoms with Crippen molar-refractivity contribution in [2.24, 2.45) is 0 Å². The van der Waals surface area contributed by atoms with E-state index in [2.05, 4.69) is 57.3 Å². The SMILES string of the molecule is C[N+](C)(C)CCC[N+](C)(C)Cc1ccnc(-c2ccccn2)c1. The molecule has 0 aliphatic heterocycles. The minimum atomic E-state index is 0.935. The lowest BCUT2D eigenvalue weighted by Crippen LogP contribution is -2.43. The highest BCUT2D eigenvalue weighted by molar-refractivity contribution is 5.54. The summed E-state index contributed by atoms with van der Waals surface area (Å²) in [7, 11) is 11.4. The number of quaternary nitrogens is 2. The molecule has 124 valence electrons. The van der Waals surface area contributed by atoms with Crippen LogP contribution in [0, 0.1) is 0 Å². The van der Waals surface area contributed by atoms with Crippen molar-refractivity contribution in [2.45, 2.75) is 13.0 Å². The van der Waals surface area contributed by atoms with Gasteiger partial charge in [0.1, 0.15) is 6.54 Å². The average molecular weight is 314 g/mol. The minimum absolute atomic E-state index is 0.935. The van der Waals surface area contributed by atoms with Gasteiger partial charge in [-0.3, -0.25) is 9.97 Å². The van der Waals surface area contributed by atoms with E-state index in [0.717, 1.165) is 26.9 Å². The van der Waals surface area contributed by atoms with E-state index < -0.39 is 0 Å². The van der Waals surface area contributed by atoms with Gasteiger partial charge in [0.25, 0.3) is 0 Å². The van der Waals surface area contributed by atoms with E-state index in [1.54, 1.807) is 0 Å². The Labute approximate surface area is 140 Å². The zero-order valence-electron chi connectivity index (χ0n) is 15.2. The third-order valence-corrected chi connectivity index (χ3v) is 3.95. The highest BCUT2D eigenvalue weighted by Gasteiger charge is 2.18. The van der Waals surface area contributed by atoms with E-state index in [4.69, 9.17) is 0 Å². The number of aromatic nitrogens is 2. The van der Waals surface area contributed by atoms with E-state index in [-0.39, 0.29) is 0 Å². The lowest BCUT2D eigenvalue weighted by molar-refractivity contribution is -0.912. The Bertz CT molecular complexity index is 615. The maximum Gasteiger partial charge on any atom is 0.104 e. The van der Waals surface area contributed by atoms with Gasteiger partial charge in [-0.15, -0.1) is 0 Å². The number of hydrogen-bond acceptors (Lipinski definition) is 2. The second kappa shape index (κ2) is 7.20. The molecule has 0 fully saturated rings. The van der Waals surface area contributed by atoms with E-state index in [0.29, 0.717) is 0 Å². The fourth-order valence-corrected chi connectivity index (χ4v) is 2.77. The Kier molecular flexibility index (Phi) is 5.50. The Morgan fingerprint density at radius 3 is 2.22 bits per heavy atom. The normalized spacial score (nSPS) is 12.4. The molecule has 0 atom stereocenters. The van der Waals surface area contributed by atoms with Gasteiger partial charge in [-0.1, -0.05) is 6.07 Å². The molecule has 0 N–H and O–H groups in total. The molecule has 0 unspecified atom stereocenters. The quantitative estimate of drug-likeness (QED) is 0.735. The molecule has 4 heteroatoms. The Morgan fingerprint density at radius 2 is 1.57 bits per heavy atom. The van der Waals surface area contributed by atoms with Crippen LogP contribution in [0.15, 0.2) is 42.7 Å². The maximum atomic E-state index is 4.46. The number of hydrogen-bond donors (Lipinski definition) is 0. The van der Waals surface area contributed by atoms with Crippen LogP contribution >= 0.6 is 0 Å². The second-order valence-corrected chi connectivity index (χ2v) is 7.95. The minimum Gasteiger partial charge on any atom is -0.331 e. The van der Waals surface area contributed by atoms with Crippen LogP contribution in [0.5, 0.6) is 0 Å². The van der Waals surface area contributed by atoms with Crippen molar-refractivity contribution in [2.75, 3.05) is 48.3 Å². The van der Waals surface area contributed by atoms with Gasteiger partial charge in [0.15, 0.2) is 0 Å². The number of pyridine rings is 2. The van der Waals surface area contributed by atoms with E-state index >= 15 is 0 Å². The van der Waals surface area contributed by atoms with Crippen LogP contribution < -0.4 is 0 Å². The van der Waals surface area contributed by atoms with Gasteiger partial charge in [0, 0.05) is 24.4 Å². The molecular weight excluding hydrogens is 284 g/mol. The average Bonchev–Trinajstić information content (AvgIpc) is 2.46. The van der Waals surface area contributed by atoms with Gasteiger partial charge in [0.2, 0.25) is 0 Å². The fourth-order valence-electron chi connectivity index (χ4n) is 2.77. The van der Waals surface area contributed by atoms with Gasteiger partial charge in [-0.2, -0.15) is 0 Å². The highest BCUT2D eigenvalue weighted by Crippen LogP contribution is 2.17. The molecule has 4 nitrogen and oxygen atoms in total. The van der Waals surface area contributed by atoms with Gasteiger partial charge < -0.3 is 8.97 Å². The topological polar surface area (TPSA) is 25.8 Å². The first-order chi connectivity index (χ1) is 10.8. The molecule has 0 aliphatic carbocycles. The van der Waals surface area contributed by atoms with Crippen LogP contribution in [0.2, 0.25) is 0 Å². The third kappa shape index (κ3) is 6.08. The van der Waals surface area contributed by atoms with Crippen LogP contribution in [0.3, 0.4) is 0 Å². The van der Waals surface area contributed by atoms with Gasteiger partial charge in [-0.25, -0.2) is 0 Å². The molecule has 23 heavy (non-hydrogen) atoms. The smallest absolute Gasteiger partial charge is 0.104 e. The van der Waals surface area contributed by atoms with Crippen LogP contribution in [0.4, 0.5) is 0 Å². The van der Waals surface area contributed by atoms with E-state index in [9.17, 15) is 0 Å². The zero-order chi connectivity index (χ0) is 16.9. The summed E-state index contributed by atoms with van der Waals surface area (Å²) in [5, 5.41) is 0. The third-order valence-electron chi connectivity index (χ3n) is 3.95. The molecule has 0 aromatic carbocycles. The number of rotatable bonds is 7. The van der Waals surface area contributed by atoms with E-state index in [1.807, 2.05) is 30.6 Å². The first kappa shape index (κ1) is 17.6. The maximum absolute atomic E-state index is 4.46. The van der Waals surface area contributed by atoms with Crippen LogP contribution in [-0.2, 0) is 6.54 Å². The molecule has 0 aliphatic rings. The van der Waals surface area contributed by atoms with Crippen molar-refractivity contribution < 1.29 is 8.97 Å². The number of nitrogens with zero attached hydrogens (tertiary/aromatic N) is 4. The summed E-state index contributed by atoms with van der Waals surface area (Å²) in [6, 6.07) is 10.2. The molecule has 0 bridgehead atoms. The summed E-state index contributed by atoms with van der Waals surface area (Å²) < 4.78 is 2.02. The molecule has 2 aromatic rings. The largest absolute Gasteiger partial charge is 0.331 e. The molecule has 2 heterocycles. The first-order valence-electron chi connectivity index (χ1n) is 8.24. The van der Waals surface area contributed by atoms with Crippen molar-refractivity contribution in [1.82, 2.24) is 9.97 Å². The van der Waals surface area contributed by atoms with E-state index in [1.165, 1.54) is 25.1 Å². The lowest BCUT2D eigenvalue weighted by Gasteiger charge is -2.32. The molecule has 0 saturated carbocycles. The van der Waals surface area contributed by atoms with Crippen molar-refractivity contribution >= 4 is 0 Å². The highest BCUT2D eigenvalue weighted by atomic mass is 15.3. The Hall–Kier alpha value is -1.78. The van der Waals surface area contributed by atoms with Gasteiger partial charge >= 0.3 is 0 Å². The van der Waals surface area contributed by atoms with Crippen LogP contribution in [-0.4, -0.2) is 67.3 Å². The molecule has 0 saturated heterocycles. The Morgan fingerprint density at radius 1 is 0.826 bits per heavy atom. The first-order valence-corrected chi connectivity index (χ1v) is 8.24. The van der Waals surface area contributed by atoms with Crippen molar-refractivity contribution in [3.8, 4) is 11.4 Å². The molecule has 2 aromatic heterocycles. The molecular formula is C19H30N4+2. The summed E-state index contributed by atoms with van der Waals surface area (Å²) in [4.78, 5) is 8.86. The van der Waals surface area contributed by atoms with Gasteiger partial charge in [0.05, 0.1) is 59.7 Å². The van der Waals surface area contributed by atoms with Crippen molar-refractivity contribution in [3.63, 3.8) is 0 Å². The van der Waals surface area contributed by atoms with Gasteiger partial charge in [-0.05, 0) is 24.3 Å². The summed E-state index contributed by atoms with van der Waals surface area (Å²) in [5.41, 5.74) is 3.20. The Balaban J connectivity index is 2.02. The van der Waals surface area contributed by atoms with Crippen LogP contribution in [0.25, 0.3) is 11.4 Å².